The van der Waals surface area contributed by atoms with Crippen molar-refractivity contribution in [1.82, 2.24) is 5.32 Å². The molecule has 98 valence electrons. The molecule has 0 radical (unpaired) electrons. The third-order valence-electron chi connectivity index (χ3n) is 2.83. The predicted molar refractivity (Wildman–Crippen MR) is 71.2 cm³/mol. The van der Waals surface area contributed by atoms with Crippen LogP contribution in [0, 0.1) is 0 Å². The normalized spacial score (nSPS) is 30.0. The van der Waals surface area contributed by atoms with E-state index in [1.807, 2.05) is 0 Å². The molecule has 3 nitrogen and oxygen atoms in total. The highest BCUT2D eigenvalue weighted by molar-refractivity contribution is 5.00. The summed E-state index contributed by atoms with van der Waals surface area (Å²) in [7, 11) is 1.77. The fourth-order valence-electron chi connectivity index (χ4n) is 1.78. The van der Waals surface area contributed by atoms with E-state index in [9.17, 15) is 0 Å². The minimum Gasteiger partial charge on any atom is -0.377 e. The van der Waals surface area contributed by atoms with Crippen molar-refractivity contribution in [2.75, 3.05) is 33.4 Å². The first-order chi connectivity index (χ1) is 8.33. The summed E-state index contributed by atoms with van der Waals surface area (Å²) in [5.74, 6) is 0. The summed E-state index contributed by atoms with van der Waals surface area (Å²) in [5, 5.41) is 3.36. The van der Waals surface area contributed by atoms with Crippen LogP contribution in [0.5, 0.6) is 0 Å². The first-order valence-corrected chi connectivity index (χ1v) is 6.46. The lowest BCUT2D eigenvalue weighted by Gasteiger charge is -2.11. The maximum Gasteiger partial charge on any atom is 0.0755 e. The third kappa shape index (κ3) is 7.31. The lowest BCUT2D eigenvalue weighted by atomic mass is 10.1. The van der Waals surface area contributed by atoms with Crippen LogP contribution in [-0.2, 0) is 9.47 Å². The Morgan fingerprint density at radius 2 is 2.35 bits per heavy atom. The van der Waals surface area contributed by atoms with Crippen LogP contribution in [0.2, 0.25) is 0 Å². The molecule has 1 heterocycles. The third-order valence-corrected chi connectivity index (χ3v) is 2.83. The van der Waals surface area contributed by atoms with Crippen LogP contribution in [0.1, 0.15) is 26.2 Å². The van der Waals surface area contributed by atoms with Gasteiger partial charge >= 0.3 is 0 Å². The second-order valence-corrected chi connectivity index (χ2v) is 4.44. The molecular weight excluding hydrogens is 214 g/mol. The van der Waals surface area contributed by atoms with E-state index >= 15 is 0 Å². The molecule has 0 aliphatic carbocycles. The van der Waals surface area contributed by atoms with Crippen molar-refractivity contribution in [2.24, 2.45) is 0 Å². The highest BCUT2D eigenvalue weighted by Crippen LogP contribution is 2.07. The van der Waals surface area contributed by atoms with Crippen LogP contribution in [0.25, 0.3) is 0 Å². The van der Waals surface area contributed by atoms with Gasteiger partial charge in [0, 0.05) is 20.3 Å². The van der Waals surface area contributed by atoms with Gasteiger partial charge in [-0.2, -0.15) is 0 Å². The lowest BCUT2D eigenvalue weighted by molar-refractivity contribution is 0.133. The highest BCUT2D eigenvalue weighted by atomic mass is 16.5. The standard InChI is InChI=1S/C14H25NO2/c1-13-6-3-7-14(16-2)8-4-9-15-10-5-11-17-12-13/h4,6,8,14-15H,3,5,7,9-12H2,1-2H3/b8-4+,13-6-. The maximum atomic E-state index is 5.59. The van der Waals surface area contributed by atoms with Crippen LogP contribution in [-0.4, -0.2) is 39.5 Å². The number of hydrogen-bond donors (Lipinski definition) is 1. The molecule has 0 bridgehead atoms. The van der Waals surface area contributed by atoms with Gasteiger partial charge in [0.2, 0.25) is 0 Å². The molecule has 0 saturated carbocycles. The van der Waals surface area contributed by atoms with Gasteiger partial charge in [-0.05, 0) is 32.7 Å². The van der Waals surface area contributed by atoms with Crippen LogP contribution in [0.15, 0.2) is 23.8 Å². The molecule has 17 heavy (non-hydrogen) atoms. The fraction of sp³-hybridized carbons (Fsp3) is 0.714. The van der Waals surface area contributed by atoms with Gasteiger partial charge in [-0.3, -0.25) is 0 Å². The minimum atomic E-state index is 0.227. The first-order valence-electron chi connectivity index (χ1n) is 6.46. The Labute approximate surface area is 105 Å². The van der Waals surface area contributed by atoms with Gasteiger partial charge in [-0.1, -0.05) is 23.8 Å². The van der Waals surface area contributed by atoms with Gasteiger partial charge < -0.3 is 14.8 Å². The molecule has 1 N–H and O–H groups in total. The van der Waals surface area contributed by atoms with E-state index in [-0.39, 0.29) is 6.10 Å². The molecule has 1 unspecified atom stereocenters. The zero-order valence-electron chi connectivity index (χ0n) is 11.1. The Balaban J connectivity index is 2.43. The Bertz CT molecular complexity index is 249. The summed E-state index contributed by atoms with van der Waals surface area (Å²) < 4.78 is 11.0. The summed E-state index contributed by atoms with van der Waals surface area (Å²) >= 11 is 0. The van der Waals surface area contributed by atoms with E-state index in [2.05, 4.69) is 30.5 Å². The van der Waals surface area contributed by atoms with Crippen molar-refractivity contribution < 1.29 is 9.47 Å². The fourth-order valence-corrected chi connectivity index (χ4v) is 1.78. The van der Waals surface area contributed by atoms with Crippen LogP contribution >= 0.6 is 0 Å². The zero-order valence-corrected chi connectivity index (χ0v) is 11.1. The van der Waals surface area contributed by atoms with Crippen LogP contribution in [0.4, 0.5) is 0 Å². The number of rotatable bonds is 1. The summed E-state index contributed by atoms with van der Waals surface area (Å²) in [5.41, 5.74) is 1.31. The van der Waals surface area contributed by atoms with Gasteiger partial charge in [-0.15, -0.1) is 0 Å². The lowest BCUT2D eigenvalue weighted by Crippen LogP contribution is -2.18. The monoisotopic (exact) mass is 239 g/mol. The molecule has 1 atom stereocenters. The number of allylic oxidation sites excluding steroid dienone is 1. The van der Waals surface area contributed by atoms with E-state index in [1.165, 1.54) is 5.57 Å². The Kier molecular flexibility index (Phi) is 7.97. The molecule has 0 saturated heterocycles. The van der Waals surface area contributed by atoms with Gasteiger partial charge in [0.05, 0.1) is 12.7 Å². The van der Waals surface area contributed by atoms with Crippen molar-refractivity contribution >= 4 is 0 Å². The number of methoxy groups -OCH3 is 1. The summed E-state index contributed by atoms with van der Waals surface area (Å²) in [4.78, 5) is 0. The average molecular weight is 239 g/mol. The molecule has 0 fully saturated rings. The largest absolute Gasteiger partial charge is 0.377 e. The molecule has 3 heteroatoms. The maximum absolute atomic E-state index is 5.59. The van der Waals surface area contributed by atoms with Crippen molar-refractivity contribution in [3.63, 3.8) is 0 Å². The molecule has 1 aliphatic rings. The Morgan fingerprint density at radius 1 is 1.47 bits per heavy atom. The zero-order chi connectivity index (χ0) is 12.3. The van der Waals surface area contributed by atoms with E-state index in [1.54, 1.807) is 7.11 Å². The van der Waals surface area contributed by atoms with E-state index in [4.69, 9.17) is 9.47 Å². The summed E-state index contributed by atoms with van der Waals surface area (Å²) in [6.07, 6.45) is 9.93. The van der Waals surface area contributed by atoms with Gasteiger partial charge in [0.25, 0.3) is 0 Å². The smallest absolute Gasteiger partial charge is 0.0755 e. The molecule has 1 aliphatic heterocycles. The van der Waals surface area contributed by atoms with Gasteiger partial charge in [0.1, 0.15) is 0 Å². The number of nitrogens with one attached hydrogen (secondary N) is 1. The van der Waals surface area contributed by atoms with Crippen molar-refractivity contribution in [2.45, 2.75) is 32.3 Å². The Hall–Kier alpha value is -0.640. The molecule has 0 amide bonds. The Morgan fingerprint density at radius 3 is 3.18 bits per heavy atom. The van der Waals surface area contributed by atoms with Gasteiger partial charge in [-0.25, -0.2) is 0 Å². The molecule has 0 aromatic rings. The molecule has 1 rings (SSSR count). The predicted octanol–water partition coefficient (Wildman–Crippen LogP) is 2.29. The van der Waals surface area contributed by atoms with Crippen molar-refractivity contribution in [3.8, 4) is 0 Å². The van der Waals surface area contributed by atoms with Crippen molar-refractivity contribution in [3.05, 3.63) is 23.8 Å². The molecular formula is C14H25NO2. The van der Waals surface area contributed by atoms with Gasteiger partial charge in [0.15, 0.2) is 0 Å². The van der Waals surface area contributed by atoms with Crippen LogP contribution in [0.3, 0.4) is 0 Å². The van der Waals surface area contributed by atoms with E-state index in [0.29, 0.717) is 0 Å². The van der Waals surface area contributed by atoms with E-state index in [0.717, 1.165) is 45.6 Å². The minimum absolute atomic E-state index is 0.227. The quantitative estimate of drug-likeness (QED) is 0.712. The highest BCUT2D eigenvalue weighted by Gasteiger charge is 2.01. The summed E-state index contributed by atoms with van der Waals surface area (Å²) in [6, 6.07) is 0. The van der Waals surface area contributed by atoms with E-state index < -0.39 is 0 Å². The SMILES string of the molecule is COC1/C=C/CNCCCOC/C(C)=C\CC1. The molecule has 0 spiro atoms. The topological polar surface area (TPSA) is 30.5 Å². The summed E-state index contributed by atoms with van der Waals surface area (Å²) in [6.45, 7) is 5.64. The van der Waals surface area contributed by atoms with Crippen LogP contribution < -0.4 is 5.32 Å². The average Bonchev–Trinajstić information content (AvgIpc) is 2.34. The molecule has 0 aromatic carbocycles. The number of ether oxygens (including phenoxy) is 2. The number of hydrogen-bond acceptors (Lipinski definition) is 3. The second-order valence-electron chi connectivity index (χ2n) is 4.44. The van der Waals surface area contributed by atoms with Crippen molar-refractivity contribution in [1.29, 1.82) is 0 Å². The second kappa shape index (κ2) is 9.40. The first kappa shape index (κ1) is 14.4. The molecule has 0 aromatic heterocycles.